The highest BCUT2D eigenvalue weighted by Crippen LogP contribution is 2.45. The second-order valence-electron chi connectivity index (χ2n) is 11.3. The van der Waals surface area contributed by atoms with Crippen LogP contribution in [-0.2, 0) is 17.3 Å². The molecule has 2 unspecified atom stereocenters. The lowest BCUT2D eigenvalue weighted by Gasteiger charge is -2.51. The molecule has 2 atom stereocenters. The first-order valence-corrected chi connectivity index (χ1v) is 13.7. The van der Waals surface area contributed by atoms with Gasteiger partial charge in [0, 0.05) is 18.0 Å². The van der Waals surface area contributed by atoms with E-state index in [-0.39, 0.29) is 30.7 Å². The van der Waals surface area contributed by atoms with E-state index in [2.05, 4.69) is 24.3 Å². The van der Waals surface area contributed by atoms with E-state index in [1.807, 2.05) is 29.2 Å². The monoisotopic (exact) mass is 535 g/mol. The van der Waals surface area contributed by atoms with Crippen molar-refractivity contribution in [3.63, 3.8) is 0 Å². The van der Waals surface area contributed by atoms with Crippen LogP contribution in [0.25, 0.3) is 11.1 Å². The molecule has 2 aliphatic heterocycles. The summed E-state index contributed by atoms with van der Waals surface area (Å²) in [5.41, 5.74) is 3.54. The molecule has 0 saturated carbocycles. The van der Waals surface area contributed by atoms with E-state index in [1.165, 1.54) is 17.2 Å². The molecule has 2 saturated heterocycles. The summed E-state index contributed by atoms with van der Waals surface area (Å²) >= 11 is 0. The van der Waals surface area contributed by atoms with Crippen LogP contribution in [0, 0.1) is 0 Å². The van der Waals surface area contributed by atoms with Gasteiger partial charge in [0.1, 0.15) is 6.61 Å². The number of halogens is 3. The van der Waals surface area contributed by atoms with Crippen molar-refractivity contribution in [3.05, 3.63) is 95.1 Å². The van der Waals surface area contributed by atoms with Gasteiger partial charge in [0.2, 0.25) is 0 Å². The number of amides is 1. The van der Waals surface area contributed by atoms with E-state index in [4.69, 9.17) is 4.74 Å². The largest absolute Gasteiger partial charge is 0.448 e. The van der Waals surface area contributed by atoms with Crippen LogP contribution < -0.4 is 0 Å². The van der Waals surface area contributed by atoms with Crippen molar-refractivity contribution >= 4 is 6.09 Å². The predicted molar refractivity (Wildman–Crippen MR) is 142 cm³/mol. The van der Waals surface area contributed by atoms with E-state index in [9.17, 15) is 23.1 Å². The molecule has 1 aliphatic carbocycles. The average Bonchev–Trinajstić information content (AvgIpc) is 3.23. The molecule has 3 aliphatic rings. The lowest BCUT2D eigenvalue weighted by Crippen LogP contribution is -2.60. The van der Waals surface area contributed by atoms with Gasteiger partial charge in [-0.3, -0.25) is 0 Å². The van der Waals surface area contributed by atoms with Gasteiger partial charge in [0.15, 0.2) is 0 Å². The number of fused-ring (bicyclic) bond motifs is 5. The number of nitrogens with zero attached hydrogens (tertiary/aromatic N) is 1. The van der Waals surface area contributed by atoms with Gasteiger partial charge in [-0.15, -0.1) is 0 Å². The van der Waals surface area contributed by atoms with Crippen molar-refractivity contribution in [1.29, 1.82) is 0 Å². The number of alkyl halides is 3. The zero-order valence-electron chi connectivity index (χ0n) is 21.7. The molecule has 6 rings (SSSR count). The second-order valence-corrected chi connectivity index (χ2v) is 11.3. The quantitative estimate of drug-likeness (QED) is 0.372. The maximum Gasteiger partial charge on any atom is 0.416 e. The van der Waals surface area contributed by atoms with Gasteiger partial charge in [0.25, 0.3) is 0 Å². The van der Waals surface area contributed by atoms with Crippen LogP contribution in [0.1, 0.15) is 66.7 Å². The Bertz CT molecular complexity index is 1310. The van der Waals surface area contributed by atoms with Crippen LogP contribution in [0.4, 0.5) is 18.0 Å². The molecular weight excluding hydrogens is 503 g/mol. The van der Waals surface area contributed by atoms with Gasteiger partial charge < -0.3 is 14.7 Å². The van der Waals surface area contributed by atoms with E-state index >= 15 is 0 Å². The van der Waals surface area contributed by atoms with Crippen molar-refractivity contribution in [2.45, 2.75) is 74.7 Å². The Morgan fingerprint density at radius 2 is 1.54 bits per heavy atom. The summed E-state index contributed by atoms with van der Waals surface area (Å²) in [5, 5.41) is 11.5. The standard InChI is InChI=1S/C32H32F3NO3/c33-32(34,35)22-8-5-7-21(17-22)15-16-31(38)18-23-9-6-10-24(19-31)36(23)30(37)39-20-29-27-13-3-1-11-25(27)26-12-2-4-14-28(26)29/h1-5,7-8,11-14,17,23-24,29,38H,6,9-10,15-16,18-20H2. The first kappa shape index (κ1) is 25.9. The molecule has 204 valence electrons. The van der Waals surface area contributed by atoms with E-state index in [1.54, 1.807) is 6.07 Å². The third-order valence-corrected chi connectivity index (χ3v) is 8.77. The topological polar surface area (TPSA) is 49.8 Å². The number of carbonyl (C=O) groups excluding carboxylic acids is 1. The number of benzene rings is 3. The van der Waals surface area contributed by atoms with Gasteiger partial charge in [-0.05, 0) is 78.8 Å². The Balaban J connectivity index is 1.12. The van der Waals surface area contributed by atoms with Crippen LogP contribution in [-0.4, -0.2) is 40.4 Å². The zero-order valence-corrected chi connectivity index (χ0v) is 21.7. The zero-order chi connectivity index (χ0) is 27.2. The molecule has 2 fully saturated rings. The SMILES string of the molecule is O=C(OCC1c2ccccc2-c2ccccc21)N1C2CCCC1CC(O)(CCc1cccc(C(F)(F)F)c1)C2. The lowest BCUT2D eigenvalue weighted by atomic mass is 9.73. The van der Waals surface area contributed by atoms with Crippen molar-refractivity contribution in [1.82, 2.24) is 4.90 Å². The third-order valence-electron chi connectivity index (χ3n) is 8.77. The number of piperidine rings is 2. The molecule has 3 aromatic carbocycles. The molecule has 2 bridgehead atoms. The summed E-state index contributed by atoms with van der Waals surface area (Å²) in [6, 6.07) is 21.5. The fourth-order valence-corrected chi connectivity index (χ4v) is 6.98. The molecule has 1 N–H and O–H groups in total. The van der Waals surface area contributed by atoms with Gasteiger partial charge in [-0.1, -0.05) is 66.7 Å². The molecule has 2 heterocycles. The predicted octanol–water partition coefficient (Wildman–Crippen LogP) is 7.34. The summed E-state index contributed by atoms with van der Waals surface area (Å²) in [6.45, 7) is 0.253. The van der Waals surface area contributed by atoms with Crippen LogP contribution >= 0.6 is 0 Å². The number of ether oxygens (including phenoxy) is 1. The van der Waals surface area contributed by atoms with E-state index in [0.717, 1.165) is 42.5 Å². The Hall–Kier alpha value is -3.32. The summed E-state index contributed by atoms with van der Waals surface area (Å²) in [5.74, 6) is -0.0182. The fraction of sp³-hybridized carbons (Fsp3) is 0.406. The first-order valence-electron chi connectivity index (χ1n) is 13.7. The summed E-state index contributed by atoms with van der Waals surface area (Å²) < 4.78 is 45.3. The first-order chi connectivity index (χ1) is 18.7. The van der Waals surface area contributed by atoms with Crippen LogP contribution in [0.2, 0.25) is 0 Å². The maximum atomic E-state index is 13.4. The fourth-order valence-electron chi connectivity index (χ4n) is 6.98. The van der Waals surface area contributed by atoms with Crippen LogP contribution in [0.5, 0.6) is 0 Å². The minimum atomic E-state index is -4.39. The van der Waals surface area contributed by atoms with Gasteiger partial charge in [-0.25, -0.2) is 4.79 Å². The summed E-state index contributed by atoms with van der Waals surface area (Å²) in [6.07, 6.45) is -0.653. The number of aryl methyl sites for hydroxylation is 1. The highest BCUT2D eigenvalue weighted by molar-refractivity contribution is 5.79. The Kier molecular flexibility index (Phi) is 6.66. The second kappa shape index (κ2) is 10.0. The number of hydrogen-bond acceptors (Lipinski definition) is 3. The summed E-state index contributed by atoms with van der Waals surface area (Å²) in [7, 11) is 0. The molecule has 0 radical (unpaired) electrons. The highest BCUT2D eigenvalue weighted by atomic mass is 19.4. The highest BCUT2D eigenvalue weighted by Gasteiger charge is 2.48. The number of rotatable bonds is 5. The molecular formula is C32H32F3NO3. The van der Waals surface area contributed by atoms with Gasteiger partial charge >= 0.3 is 12.3 Å². The number of carbonyl (C=O) groups is 1. The minimum absolute atomic E-state index is 0.0182. The van der Waals surface area contributed by atoms with Crippen molar-refractivity contribution in [3.8, 4) is 11.1 Å². The Morgan fingerprint density at radius 1 is 0.923 bits per heavy atom. The molecule has 39 heavy (non-hydrogen) atoms. The Morgan fingerprint density at radius 3 is 2.15 bits per heavy atom. The normalized spacial score (nSPS) is 24.3. The molecule has 1 amide bonds. The van der Waals surface area contributed by atoms with Gasteiger partial charge in [-0.2, -0.15) is 13.2 Å². The average molecular weight is 536 g/mol. The molecule has 4 nitrogen and oxygen atoms in total. The summed E-state index contributed by atoms with van der Waals surface area (Å²) in [4.78, 5) is 15.3. The lowest BCUT2D eigenvalue weighted by molar-refractivity contribution is -0.137. The van der Waals surface area contributed by atoms with Crippen molar-refractivity contribution < 1.29 is 27.8 Å². The molecule has 0 aromatic heterocycles. The number of aliphatic hydroxyl groups is 1. The van der Waals surface area contributed by atoms with E-state index in [0.29, 0.717) is 31.2 Å². The van der Waals surface area contributed by atoms with E-state index < -0.39 is 17.3 Å². The third kappa shape index (κ3) is 5.05. The van der Waals surface area contributed by atoms with Crippen molar-refractivity contribution in [2.24, 2.45) is 0 Å². The Labute approximate surface area is 226 Å². The molecule has 3 aromatic rings. The smallest absolute Gasteiger partial charge is 0.416 e. The van der Waals surface area contributed by atoms with Crippen LogP contribution in [0.3, 0.4) is 0 Å². The minimum Gasteiger partial charge on any atom is -0.448 e. The van der Waals surface area contributed by atoms with Gasteiger partial charge in [0.05, 0.1) is 11.2 Å². The molecule has 0 spiro atoms. The molecule has 7 heteroatoms. The van der Waals surface area contributed by atoms with Crippen molar-refractivity contribution in [2.75, 3.05) is 6.61 Å². The number of hydrogen-bond donors (Lipinski definition) is 1. The maximum absolute atomic E-state index is 13.4. The van der Waals surface area contributed by atoms with Crippen LogP contribution in [0.15, 0.2) is 72.8 Å².